The third-order valence-electron chi connectivity index (χ3n) is 3.96. The number of allylic oxidation sites excluding steroid dienone is 1. The molecule has 1 aliphatic rings. The van der Waals surface area contributed by atoms with Gasteiger partial charge in [-0.05, 0) is 44.9 Å². The lowest BCUT2D eigenvalue weighted by Gasteiger charge is -2.32. The summed E-state index contributed by atoms with van der Waals surface area (Å²) in [6.45, 7) is 8.43. The molecule has 0 bridgehead atoms. The van der Waals surface area contributed by atoms with Gasteiger partial charge in [0.25, 0.3) is 0 Å². The van der Waals surface area contributed by atoms with Crippen molar-refractivity contribution in [2.45, 2.75) is 77.3 Å². The van der Waals surface area contributed by atoms with Crippen molar-refractivity contribution in [1.29, 1.82) is 0 Å². The van der Waals surface area contributed by atoms with E-state index in [1.54, 1.807) is 0 Å². The molecule has 0 heterocycles. The van der Waals surface area contributed by atoms with Crippen LogP contribution in [-0.2, 0) is 0 Å². The third-order valence-corrected chi connectivity index (χ3v) is 3.96. The minimum Gasteiger partial charge on any atom is -0.311 e. The Labute approximate surface area is 102 Å². The average molecular weight is 223 g/mol. The Hall–Kier alpha value is -0.300. The molecule has 0 aliphatic heterocycles. The maximum atomic E-state index is 3.82. The van der Waals surface area contributed by atoms with Crippen molar-refractivity contribution in [2.75, 3.05) is 0 Å². The third kappa shape index (κ3) is 4.69. The second kappa shape index (κ2) is 7.89. The predicted molar refractivity (Wildman–Crippen MR) is 72.7 cm³/mol. The first-order valence-electron chi connectivity index (χ1n) is 7.14. The van der Waals surface area contributed by atoms with Crippen molar-refractivity contribution >= 4 is 0 Å². The van der Waals surface area contributed by atoms with Crippen molar-refractivity contribution in [3.05, 3.63) is 12.7 Å². The fraction of sp³-hybridized carbons (Fsp3) is 0.867. The van der Waals surface area contributed by atoms with Crippen LogP contribution in [0.4, 0.5) is 0 Å². The molecule has 1 fully saturated rings. The van der Waals surface area contributed by atoms with Gasteiger partial charge in [-0.3, -0.25) is 0 Å². The molecule has 94 valence electrons. The Bertz CT molecular complexity index is 182. The van der Waals surface area contributed by atoms with E-state index in [1.165, 1.54) is 44.9 Å². The van der Waals surface area contributed by atoms with Gasteiger partial charge >= 0.3 is 0 Å². The molecular weight excluding hydrogens is 194 g/mol. The van der Waals surface area contributed by atoms with Crippen molar-refractivity contribution in [3.63, 3.8) is 0 Å². The Kier molecular flexibility index (Phi) is 6.79. The van der Waals surface area contributed by atoms with E-state index >= 15 is 0 Å². The van der Waals surface area contributed by atoms with Gasteiger partial charge in [-0.2, -0.15) is 0 Å². The first-order valence-corrected chi connectivity index (χ1v) is 7.14. The van der Waals surface area contributed by atoms with E-state index < -0.39 is 0 Å². The lowest BCUT2D eigenvalue weighted by Crippen LogP contribution is -2.41. The minimum atomic E-state index is 0.643. The summed E-state index contributed by atoms with van der Waals surface area (Å²) < 4.78 is 0. The molecule has 0 spiro atoms. The highest BCUT2D eigenvalue weighted by molar-refractivity contribution is 4.81. The molecule has 2 unspecified atom stereocenters. The molecule has 0 aromatic carbocycles. The van der Waals surface area contributed by atoms with Gasteiger partial charge in [-0.15, -0.1) is 6.58 Å². The number of nitrogens with one attached hydrogen (secondary N) is 1. The Morgan fingerprint density at radius 1 is 1.31 bits per heavy atom. The van der Waals surface area contributed by atoms with Gasteiger partial charge in [0.05, 0.1) is 0 Å². The second-order valence-corrected chi connectivity index (χ2v) is 5.35. The van der Waals surface area contributed by atoms with E-state index in [9.17, 15) is 0 Å². The van der Waals surface area contributed by atoms with Gasteiger partial charge in [0, 0.05) is 12.1 Å². The maximum absolute atomic E-state index is 3.82. The number of hydrogen-bond donors (Lipinski definition) is 1. The summed E-state index contributed by atoms with van der Waals surface area (Å²) in [5.41, 5.74) is 0. The van der Waals surface area contributed by atoms with Crippen LogP contribution in [0, 0.1) is 5.92 Å². The summed E-state index contributed by atoms with van der Waals surface area (Å²) >= 11 is 0. The fourth-order valence-electron chi connectivity index (χ4n) is 2.94. The lowest BCUT2D eigenvalue weighted by atomic mass is 9.82. The molecule has 1 aliphatic carbocycles. The van der Waals surface area contributed by atoms with E-state index in [-0.39, 0.29) is 0 Å². The molecule has 2 atom stereocenters. The SMILES string of the molecule is C=CCCC(C)NC(CC)C1CCCCC1. The van der Waals surface area contributed by atoms with Crippen LogP contribution in [0.15, 0.2) is 12.7 Å². The van der Waals surface area contributed by atoms with Crippen LogP contribution >= 0.6 is 0 Å². The van der Waals surface area contributed by atoms with Crippen LogP contribution in [0.25, 0.3) is 0 Å². The van der Waals surface area contributed by atoms with Crippen molar-refractivity contribution in [1.82, 2.24) is 5.32 Å². The van der Waals surface area contributed by atoms with Gasteiger partial charge in [0.15, 0.2) is 0 Å². The van der Waals surface area contributed by atoms with Gasteiger partial charge in [-0.25, -0.2) is 0 Å². The Balaban J connectivity index is 2.31. The smallest absolute Gasteiger partial charge is 0.00951 e. The molecule has 1 rings (SSSR count). The molecular formula is C15H29N. The summed E-state index contributed by atoms with van der Waals surface area (Å²) in [6.07, 6.45) is 12.9. The van der Waals surface area contributed by atoms with E-state index in [2.05, 4.69) is 25.7 Å². The topological polar surface area (TPSA) is 12.0 Å². The molecule has 1 saturated carbocycles. The van der Waals surface area contributed by atoms with E-state index in [0.717, 1.165) is 18.4 Å². The number of hydrogen-bond acceptors (Lipinski definition) is 1. The first kappa shape index (κ1) is 13.8. The van der Waals surface area contributed by atoms with Gasteiger partial charge in [-0.1, -0.05) is 32.3 Å². The van der Waals surface area contributed by atoms with E-state index in [0.29, 0.717) is 6.04 Å². The van der Waals surface area contributed by atoms with Crippen LogP contribution in [0.1, 0.15) is 65.2 Å². The standard InChI is InChI=1S/C15H29N/c1-4-6-10-13(3)16-15(5-2)14-11-8-7-9-12-14/h4,13-16H,1,5-12H2,2-3H3. The lowest BCUT2D eigenvalue weighted by molar-refractivity contribution is 0.246. The Morgan fingerprint density at radius 2 is 2.00 bits per heavy atom. The van der Waals surface area contributed by atoms with Crippen LogP contribution in [-0.4, -0.2) is 12.1 Å². The second-order valence-electron chi connectivity index (χ2n) is 5.35. The minimum absolute atomic E-state index is 0.643. The molecule has 0 amide bonds. The van der Waals surface area contributed by atoms with Crippen molar-refractivity contribution < 1.29 is 0 Å². The molecule has 16 heavy (non-hydrogen) atoms. The molecule has 1 heteroatoms. The first-order chi connectivity index (χ1) is 7.77. The quantitative estimate of drug-likeness (QED) is 0.635. The zero-order valence-electron chi connectivity index (χ0n) is 11.2. The van der Waals surface area contributed by atoms with Crippen LogP contribution in [0.5, 0.6) is 0 Å². The largest absolute Gasteiger partial charge is 0.311 e. The summed E-state index contributed by atoms with van der Waals surface area (Å²) in [4.78, 5) is 0. The molecule has 0 radical (unpaired) electrons. The van der Waals surface area contributed by atoms with Crippen LogP contribution in [0.2, 0.25) is 0 Å². The van der Waals surface area contributed by atoms with Crippen LogP contribution < -0.4 is 5.32 Å². The zero-order chi connectivity index (χ0) is 11.8. The monoisotopic (exact) mass is 223 g/mol. The molecule has 0 aromatic heterocycles. The maximum Gasteiger partial charge on any atom is 0.00951 e. The Morgan fingerprint density at radius 3 is 2.56 bits per heavy atom. The molecule has 1 N–H and O–H groups in total. The fourth-order valence-corrected chi connectivity index (χ4v) is 2.94. The van der Waals surface area contributed by atoms with Gasteiger partial charge < -0.3 is 5.32 Å². The highest BCUT2D eigenvalue weighted by Crippen LogP contribution is 2.28. The van der Waals surface area contributed by atoms with E-state index in [1.807, 2.05) is 6.08 Å². The van der Waals surface area contributed by atoms with E-state index in [4.69, 9.17) is 0 Å². The zero-order valence-corrected chi connectivity index (χ0v) is 11.2. The highest BCUT2D eigenvalue weighted by Gasteiger charge is 2.22. The summed E-state index contributed by atoms with van der Waals surface area (Å²) in [7, 11) is 0. The summed E-state index contributed by atoms with van der Waals surface area (Å²) in [6, 6.07) is 1.39. The summed E-state index contributed by atoms with van der Waals surface area (Å²) in [5, 5.41) is 3.82. The molecule has 1 nitrogen and oxygen atoms in total. The van der Waals surface area contributed by atoms with Gasteiger partial charge in [0.1, 0.15) is 0 Å². The molecule has 0 aromatic rings. The number of rotatable bonds is 7. The molecule has 0 saturated heterocycles. The predicted octanol–water partition coefficient (Wildman–Crippen LogP) is 4.29. The highest BCUT2D eigenvalue weighted by atomic mass is 14.9. The normalized spacial score (nSPS) is 21.6. The van der Waals surface area contributed by atoms with Crippen molar-refractivity contribution in [2.24, 2.45) is 5.92 Å². The average Bonchev–Trinajstić information content (AvgIpc) is 2.34. The van der Waals surface area contributed by atoms with Crippen LogP contribution in [0.3, 0.4) is 0 Å². The van der Waals surface area contributed by atoms with Crippen molar-refractivity contribution in [3.8, 4) is 0 Å². The summed E-state index contributed by atoms with van der Waals surface area (Å²) in [5.74, 6) is 0.935. The van der Waals surface area contributed by atoms with Gasteiger partial charge in [0.2, 0.25) is 0 Å².